The molecule has 1 unspecified atom stereocenters. The lowest BCUT2D eigenvalue weighted by Crippen LogP contribution is -2.19. The number of likely N-dealkylation sites (tertiary alicyclic amines) is 1. The molecule has 0 bridgehead atoms. The average Bonchev–Trinajstić information content (AvgIpc) is 3.08. The molecule has 1 atom stereocenters. The Morgan fingerprint density at radius 2 is 2.29 bits per heavy atom. The van der Waals surface area contributed by atoms with E-state index in [9.17, 15) is 0 Å². The minimum Gasteiger partial charge on any atom is -0.368 e. The van der Waals surface area contributed by atoms with E-state index in [-0.39, 0.29) is 0 Å². The van der Waals surface area contributed by atoms with Crippen molar-refractivity contribution in [2.75, 3.05) is 25.5 Å². The molecule has 5 heteroatoms. The molecule has 0 radical (unpaired) electrons. The van der Waals surface area contributed by atoms with E-state index in [0.29, 0.717) is 6.04 Å². The molecule has 2 aromatic heterocycles. The molecule has 0 spiro atoms. The normalized spacial score (nSPS) is 19.0. The Morgan fingerprint density at radius 1 is 1.38 bits per heavy atom. The molecule has 0 aliphatic carbocycles. The van der Waals surface area contributed by atoms with Crippen molar-refractivity contribution in [2.45, 2.75) is 32.4 Å². The fourth-order valence-electron chi connectivity index (χ4n) is 2.96. The van der Waals surface area contributed by atoms with Crippen molar-refractivity contribution in [3.8, 4) is 0 Å². The third-order valence-corrected chi connectivity index (χ3v) is 4.21. The van der Waals surface area contributed by atoms with Gasteiger partial charge in [-0.15, -0.1) is 0 Å². The number of pyridine rings is 1. The maximum absolute atomic E-state index is 4.77. The molecule has 1 aliphatic heterocycles. The molecule has 1 aliphatic rings. The van der Waals surface area contributed by atoms with Gasteiger partial charge in [0.25, 0.3) is 0 Å². The van der Waals surface area contributed by atoms with E-state index in [1.54, 1.807) is 0 Å². The van der Waals surface area contributed by atoms with Crippen LogP contribution in [0, 0.1) is 6.92 Å². The summed E-state index contributed by atoms with van der Waals surface area (Å²) in [4.78, 5) is 11.4. The van der Waals surface area contributed by atoms with Gasteiger partial charge < -0.3 is 9.88 Å². The minimum atomic E-state index is 0.475. The molecule has 0 saturated carbocycles. The number of aromatic nitrogens is 3. The highest BCUT2D eigenvalue weighted by atomic mass is 15.2. The largest absolute Gasteiger partial charge is 0.368 e. The maximum Gasteiger partial charge on any atom is 0.126 e. The van der Waals surface area contributed by atoms with E-state index in [1.165, 1.54) is 25.1 Å². The topological polar surface area (TPSA) is 46.0 Å². The van der Waals surface area contributed by atoms with Gasteiger partial charge in [0.2, 0.25) is 0 Å². The van der Waals surface area contributed by atoms with Crippen LogP contribution < -0.4 is 5.32 Å². The summed E-state index contributed by atoms with van der Waals surface area (Å²) in [5.74, 6) is 2.01. The number of rotatable bonds is 5. The van der Waals surface area contributed by atoms with Crippen molar-refractivity contribution >= 4 is 5.82 Å². The van der Waals surface area contributed by atoms with Crippen LogP contribution in [-0.2, 0) is 6.54 Å². The Bertz CT molecular complexity index is 592. The molecule has 0 amide bonds. The van der Waals surface area contributed by atoms with Crippen molar-refractivity contribution in [2.24, 2.45) is 0 Å². The Labute approximate surface area is 126 Å². The molecular weight excluding hydrogens is 262 g/mol. The van der Waals surface area contributed by atoms with Crippen LogP contribution in [0.1, 0.15) is 30.4 Å². The van der Waals surface area contributed by atoms with Crippen LogP contribution in [0.4, 0.5) is 5.82 Å². The van der Waals surface area contributed by atoms with Crippen LogP contribution >= 0.6 is 0 Å². The number of anilines is 1. The first kappa shape index (κ1) is 14.1. The number of hydrogen-bond donors (Lipinski definition) is 1. The summed E-state index contributed by atoms with van der Waals surface area (Å²) in [6.07, 6.45) is 6.32. The lowest BCUT2D eigenvalue weighted by Gasteiger charge is -2.19. The third-order valence-electron chi connectivity index (χ3n) is 4.21. The van der Waals surface area contributed by atoms with Crippen LogP contribution in [0.3, 0.4) is 0 Å². The first-order chi connectivity index (χ1) is 10.2. The van der Waals surface area contributed by atoms with Crippen LogP contribution in [0.5, 0.6) is 0 Å². The van der Waals surface area contributed by atoms with Gasteiger partial charge >= 0.3 is 0 Å². The van der Waals surface area contributed by atoms with E-state index in [2.05, 4.69) is 38.9 Å². The summed E-state index contributed by atoms with van der Waals surface area (Å²) in [6.45, 7) is 4.95. The van der Waals surface area contributed by atoms with E-state index in [1.807, 2.05) is 25.4 Å². The van der Waals surface area contributed by atoms with Gasteiger partial charge in [-0.25, -0.2) is 9.97 Å². The van der Waals surface area contributed by atoms with Crippen molar-refractivity contribution in [1.29, 1.82) is 0 Å². The summed E-state index contributed by atoms with van der Waals surface area (Å²) in [5, 5.41) is 3.41. The molecular formula is C16H23N5. The van der Waals surface area contributed by atoms with E-state index < -0.39 is 0 Å². The van der Waals surface area contributed by atoms with Crippen LogP contribution in [0.2, 0.25) is 0 Å². The molecule has 3 heterocycles. The van der Waals surface area contributed by atoms with Gasteiger partial charge in [0, 0.05) is 25.5 Å². The van der Waals surface area contributed by atoms with Crippen molar-refractivity contribution in [3.05, 3.63) is 42.1 Å². The molecule has 21 heavy (non-hydrogen) atoms. The molecule has 0 aromatic carbocycles. The van der Waals surface area contributed by atoms with Gasteiger partial charge in [0.05, 0.1) is 11.7 Å². The van der Waals surface area contributed by atoms with Gasteiger partial charge in [0.1, 0.15) is 11.6 Å². The Morgan fingerprint density at radius 3 is 3.00 bits per heavy atom. The highest BCUT2D eigenvalue weighted by Gasteiger charge is 2.23. The standard InChI is InChI=1S/C16H23N5/c1-13-17-8-11-21(13)12-9-18-16-7-3-5-14(19-16)15-6-4-10-20(15)2/h3,5,7-8,11,15H,4,6,9-10,12H2,1-2H3,(H,18,19). The van der Waals surface area contributed by atoms with Crippen molar-refractivity contribution < 1.29 is 0 Å². The zero-order valence-electron chi connectivity index (χ0n) is 12.8. The smallest absolute Gasteiger partial charge is 0.126 e. The van der Waals surface area contributed by atoms with Crippen LogP contribution in [0.25, 0.3) is 0 Å². The van der Waals surface area contributed by atoms with Crippen LogP contribution in [-0.4, -0.2) is 39.6 Å². The van der Waals surface area contributed by atoms with Gasteiger partial charge in [-0.3, -0.25) is 4.90 Å². The van der Waals surface area contributed by atoms with Crippen molar-refractivity contribution in [1.82, 2.24) is 19.4 Å². The average molecular weight is 285 g/mol. The Balaban J connectivity index is 1.60. The molecule has 1 saturated heterocycles. The van der Waals surface area contributed by atoms with E-state index in [4.69, 9.17) is 4.98 Å². The molecule has 1 N–H and O–H groups in total. The predicted octanol–water partition coefficient (Wildman–Crippen LogP) is 2.47. The Hall–Kier alpha value is -1.88. The molecule has 2 aromatic rings. The highest BCUT2D eigenvalue weighted by Crippen LogP contribution is 2.29. The van der Waals surface area contributed by atoms with Gasteiger partial charge in [0.15, 0.2) is 0 Å². The van der Waals surface area contributed by atoms with Gasteiger partial charge in [-0.2, -0.15) is 0 Å². The van der Waals surface area contributed by atoms with E-state index >= 15 is 0 Å². The van der Waals surface area contributed by atoms with E-state index in [0.717, 1.165) is 24.7 Å². The summed E-state index contributed by atoms with van der Waals surface area (Å²) in [6, 6.07) is 6.75. The monoisotopic (exact) mass is 285 g/mol. The SMILES string of the molecule is Cc1nccn1CCNc1cccc(C2CCCN2C)n1. The predicted molar refractivity (Wildman–Crippen MR) is 84.3 cm³/mol. The summed E-state index contributed by atoms with van der Waals surface area (Å²) in [7, 11) is 2.18. The van der Waals surface area contributed by atoms with Crippen molar-refractivity contribution in [3.63, 3.8) is 0 Å². The first-order valence-corrected chi connectivity index (χ1v) is 7.63. The quantitative estimate of drug-likeness (QED) is 0.916. The molecule has 1 fully saturated rings. The Kier molecular flexibility index (Phi) is 4.20. The zero-order chi connectivity index (χ0) is 14.7. The zero-order valence-corrected chi connectivity index (χ0v) is 12.8. The second-order valence-electron chi connectivity index (χ2n) is 5.68. The lowest BCUT2D eigenvalue weighted by atomic mass is 10.1. The second-order valence-corrected chi connectivity index (χ2v) is 5.68. The van der Waals surface area contributed by atoms with Crippen LogP contribution in [0.15, 0.2) is 30.6 Å². The fourth-order valence-corrected chi connectivity index (χ4v) is 2.96. The minimum absolute atomic E-state index is 0.475. The highest BCUT2D eigenvalue weighted by molar-refractivity contribution is 5.36. The molecule has 112 valence electrons. The number of nitrogens with zero attached hydrogens (tertiary/aromatic N) is 4. The summed E-state index contributed by atoms with van der Waals surface area (Å²) >= 11 is 0. The molecule has 3 rings (SSSR count). The number of imidazole rings is 1. The lowest BCUT2D eigenvalue weighted by molar-refractivity contribution is 0.312. The second kappa shape index (κ2) is 6.26. The summed E-state index contributed by atoms with van der Waals surface area (Å²) in [5.41, 5.74) is 1.18. The number of aryl methyl sites for hydroxylation is 1. The van der Waals surface area contributed by atoms with Gasteiger partial charge in [-0.05, 0) is 45.5 Å². The fraction of sp³-hybridized carbons (Fsp3) is 0.500. The first-order valence-electron chi connectivity index (χ1n) is 7.63. The van der Waals surface area contributed by atoms with Gasteiger partial charge in [-0.1, -0.05) is 6.07 Å². The molecule has 5 nitrogen and oxygen atoms in total. The number of hydrogen-bond acceptors (Lipinski definition) is 4. The summed E-state index contributed by atoms with van der Waals surface area (Å²) < 4.78 is 2.14. The third kappa shape index (κ3) is 3.24. The maximum atomic E-state index is 4.77. The number of nitrogens with one attached hydrogen (secondary N) is 1.